The van der Waals surface area contributed by atoms with Crippen LogP contribution >= 0.6 is 0 Å². The summed E-state index contributed by atoms with van der Waals surface area (Å²) in [4.78, 5) is 30.2. The molecule has 6 nitrogen and oxygen atoms in total. The molecule has 0 atom stereocenters. The van der Waals surface area contributed by atoms with Crippen LogP contribution in [0.3, 0.4) is 0 Å². The number of unbranched alkanes of at least 4 members (excludes halogenated alkanes) is 2. The SMILES string of the molecule is C=C/C=C(\C=C/C)C(=O)NCC(=O)NCCCCCC1(ONCC(F)(F)F)c2ccccc2-c2ccccc21. The van der Waals surface area contributed by atoms with Crippen LogP contribution in [0.1, 0.15) is 43.7 Å². The molecule has 0 unspecified atom stereocenters. The van der Waals surface area contributed by atoms with E-state index in [-0.39, 0.29) is 18.4 Å². The molecule has 9 heteroatoms. The van der Waals surface area contributed by atoms with Gasteiger partial charge in [-0.3, -0.25) is 14.4 Å². The first kappa shape index (κ1) is 29.9. The van der Waals surface area contributed by atoms with Crippen LogP contribution in [0.4, 0.5) is 13.2 Å². The Bertz CT molecular complexity index is 1180. The molecule has 0 radical (unpaired) electrons. The summed E-state index contributed by atoms with van der Waals surface area (Å²) in [6, 6.07) is 15.2. The lowest BCUT2D eigenvalue weighted by atomic mass is 9.86. The van der Waals surface area contributed by atoms with Crippen LogP contribution in [0, 0.1) is 0 Å². The Morgan fingerprint density at radius 1 is 0.974 bits per heavy atom. The fourth-order valence-electron chi connectivity index (χ4n) is 4.70. The molecule has 1 aliphatic carbocycles. The van der Waals surface area contributed by atoms with Crippen LogP contribution in [-0.4, -0.2) is 37.6 Å². The summed E-state index contributed by atoms with van der Waals surface area (Å²) in [7, 11) is 0. The number of fused-ring (bicyclic) bond motifs is 3. The van der Waals surface area contributed by atoms with Crippen molar-refractivity contribution in [3.05, 3.63) is 96.1 Å². The topological polar surface area (TPSA) is 79.5 Å². The zero-order valence-electron chi connectivity index (χ0n) is 21.9. The van der Waals surface area contributed by atoms with Crippen molar-refractivity contribution in [2.75, 3.05) is 19.6 Å². The van der Waals surface area contributed by atoms with E-state index >= 15 is 0 Å². The fraction of sp³-hybridized carbons (Fsp3) is 0.333. The Labute approximate surface area is 227 Å². The van der Waals surface area contributed by atoms with Gasteiger partial charge in [-0.05, 0) is 48.4 Å². The van der Waals surface area contributed by atoms with Crippen molar-refractivity contribution < 1.29 is 27.6 Å². The summed E-state index contributed by atoms with van der Waals surface area (Å²) in [6.45, 7) is 4.36. The number of hydrogen-bond acceptors (Lipinski definition) is 4. The second kappa shape index (κ2) is 13.9. The van der Waals surface area contributed by atoms with Gasteiger partial charge in [-0.15, -0.1) is 0 Å². The Morgan fingerprint density at radius 3 is 2.21 bits per heavy atom. The lowest BCUT2D eigenvalue weighted by Crippen LogP contribution is -2.39. The lowest BCUT2D eigenvalue weighted by Gasteiger charge is -2.32. The average molecular weight is 542 g/mol. The predicted molar refractivity (Wildman–Crippen MR) is 145 cm³/mol. The van der Waals surface area contributed by atoms with Crippen LogP contribution < -0.4 is 16.1 Å². The Balaban J connectivity index is 1.55. The maximum atomic E-state index is 12.9. The van der Waals surface area contributed by atoms with Crippen LogP contribution in [0.15, 0.2) is 85.0 Å². The van der Waals surface area contributed by atoms with E-state index in [1.54, 1.807) is 25.2 Å². The lowest BCUT2D eigenvalue weighted by molar-refractivity contribution is -0.173. The van der Waals surface area contributed by atoms with Crippen molar-refractivity contribution in [1.29, 1.82) is 0 Å². The first-order valence-corrected chi connectivity index (χ1v) is 12.9. The van der Waals surface area contributed by atoms with Crippen molar-refractivity contribution >= 4 is 11.8 Å². The number of amides is 2. The van der Waals surface area contributed by atoms with E-state index < -0.39 is 18.3 Å². The molecule has 0 bridgehead atoms. The molecule has 208 valence electrons. The predicted octanol–water partition coefficient (Wildman–Crippen LogP) is 5.48. The number of alkyl halides is 3. The molecule has 1 aliphatic rings. The molecular formula is C30H34F3N3O3. The van der Waals surface area contributed by atoms with Gasteiger partial charge in [0.1, 0.15) is 12.1 Å². The van der Waals surface area contributed by atoms with Crippen LogP contribution in [0.5, 0.6) is 0 Å². The second-order valence-electron chi connectivity index (χ2n) is 9.16. The van der Waals surface area contributed by atoms with Gasteiger partial charge in [0.2, 0.25) is 5.91 Å². The maximum Gasteiger partial charge on any atom is 0.403 e. The molecule has 0 fully saturated rings. The molecule has 3 rings (SSSR count). The van der Waals surface area contributed by atoms with Crippen LogP contribution in [0.25, 0.3) is 11.1 Å². The van der Waals surface area contributed by atoms with E-state index in [0.717, 1.165) is 28.7 Å². The van der Waals surface area contributed by atoms with E-state index in [4.69, 9.17) is 4.84 Å². The summed E-state index contributed by atoms with van der Waals surface area (Å²) >= 11 is 0. The normalized spacial score (nSPS) is 14.1. The summed E-state index contributed by atoms with van der Waals surface area (Å²) in [5.41, 5.74) is 5.05. The van der Waals surface area contributed by atoms with Crippen molar-refractivity contribution in [2.45, 2.75) is 44.4 Å². The molecule has 0 saturated heterocycles. The van der Waals surface area contributed by atoms with E-state index in [1.807, 2.05) is 48.5 Å². The molecule has 0 heterocycles. The van der Waals surface area contributed by atoms with Gasteiger partial charge in [-0.1, -0.05) is 85.8 Å². The molecular weight excluding hydrogens is 507 g/mol. The van der Waals surface area contributed by atoms with E-state index in [2.05, 4.69) is 22.7 Å². The molecule has 0 spiro atoms. The Kier molecular flexibility index (Phi) is 10.7. The fourth-order valence-corrected chi connectivity index (χ4v) is 4.70. The standard InChI is InChI=1S/C30H34F3N3O3/c1-3-12-22(13-4-2)28(38)35-20-27(37)34-19-11-5-10-18-29(39-36-21-30(31,32)33)25-16-8-6-14-23(25)24-15-7-9-17-26(24)29/h3-4,6-9,12-17,36H,1,5,10-11,18-21H2,2H3,(H,34,37)(H,35,38)/b13-4-,22-12+. The first-order valence-electron chi connectivity index (χ1n) is 12.9. The molecule has 2 aromatic rings. The minimum Gasteiger partial charge on any atom is -0.355 e. The summed E-state index contributed by atoms with van der Waals surface area (Å²) in [5.74, 6) is -0.679. The largest absolute Gasteiger partial charge is 0.403 e. The number of carbonyl (C=O) groups is 2. The summed E-state index contributed by atoms with van der Waals surface area (Å²) in [5, 5.41) is 5.35. The van der Waals surface area contributed by atoms with E-state index in [1.165, 1.54) is 6.08 Å². The molecule has 0 aliphatic heterocycles. The monoisotopic (exact) mass is 541 g/mol. The third-order valence-corrected chi connectivity index (χ3v) is 6.38. The molecule has 2 amide bonds. The van der Waals surface area contributed by atoms with Gasteiger partial charge in [0.05, 0.1) is 6.54 Å². The number of hydroxylamine groups is 1. The van der Waals surface area contributed by atoms with Gasteiger partial charge in [0.25, 0.3) is 5.91 Å². The summed E-state index contributed by atoms with van der Waals surface area (Å²) in [6.07, 6.45) is 4.49. The van der Waals surface area contributed by atoms with Crippen molar-refractivity contribution in [3.8, 4) is 11.1 Å². The first-order chi connectivity index (χ1) is 18.7. The van der Waals surface area contributed by atoms with Crippen molar-refractivity contribution in [1.82, 2.24) is 16.1 Å². The van der Waals surface area contributed by atoms with Gasteiger partial charge in [0.15, 0.2) is 0 Å². The molecule has 0 saturated carbocycles. The van der Waals surface area contributed by atoms with Gasteiger partial charge in [0, 0.05) is 12.1 Å². The van der Waals surface area contributed by atoms with Gasteiger partial charge in [-0.25, -0.2) is 0 Å². The highest BCUT2D eigenvalue weighted by Crippen LogP contribution is 2.51. The second-order valence-corrected chi connectivity index (χ2v) is 9.16. The summed E-state index contributed by atoms with van der Waals surface area (Å²) < 4.78 is 38.7. The van der Waals surface area contributed by atoms with E-state index in [0.29, 0.717) is 31.4 Å². The minimum atomic E-state index is -4.41. The zero-order chi connectivity index (χ0) is 28.3. The molecule has 3 N–H and O–H groups in total. The number of benzene rings is 2. The number of rotatable bonds is 14. The highest BCUT2D eigenvalue weighted by molar-refractivity contribution is 5.98. The number of allylic oxidation sites excluding steroid dienone is 3. The number of nitrogens with one attached hydrogen (secondary N) is 3. The van der Waals surface area contributed by atoms with Crippen LogP contribution in [-0.2, 0) is 20.0 Å². The zero-order valence-corrected chi connectivity index (χ0v) is 21.9. The number of hydrogen-bond donors (Lipinski definition) is 3. The highest BCUT2D eigenvalue weighted by Gasteiger charge is 2.45. The van der Waals surface area contributed by atoms with Crippen LogP contribution in [0.2, 0.25) is 0 Å². The third-order valence-electron chi connectivity index (χ3n) is 6.38. The third kappa shape index (κ3) is 7.91. The minimum absolute atomic E-state index is 0.153. The molecule has 39 heavy (non-hydrogen) atoms. The van der Waals surface area contributed by atoms with Gasteiger partial charge >= 0.3 is 6.18 Å². The maximum absolute atomic E-state index is 12.9. The number of carbonyl (C=O) groups excluding carboxylic acids is 2. The Morgan fingerprint density at radius 2 is 1.62 bits per heavy atom. The quantitative estimate of drug-likeness (QED) is 0.128. The van der Waals surface area contributed by atoms with Crippen molar-refractivity contribution in [2.24, 2.45) is 0 Å². The van der Waals surface area contributed by atoms with Gasteiger partial charge < -0.3 is 10.6 Å². The smallest absolute Gasteiger partial charge is 0.355 e. The molecule has 2 aromatic carbocycles. The highest BCUT2D eigenvalue weighted by atomic mass is 19.4. The average Bonchev–Trinajstić information content (AvgIpc) is 3.18. The molecule has 0 aromatic heterocycles. The van der Waals surface area contributed by atoms with E-state index in [9.17, 15) is 22.8 Å². The van der Waals surface area contributed by atoms with Gasteiger partial charge in [-0.2, -0.15) is 18.7 Å². The Hall–Kier alpha value is -3.69. The number of halogens is 3. The van der Waals surface area contributed by atoms with Crippen molar-refractivity contribution in [3.63, 3.8) is 0 Å².